The maximum Gasteiger partial charge on any atom is 0.258 e. The van der Waals surface area contributed by atoms with Crippen LogP contribution in [0.5, 0.6) is 0 Å². The van der Waals surface area contributed by atoms with E-state index in [1.165, 1.54) is 27.7 Å². The summed E-state index contributed by atoms with van der Waals surface area (Å²) in [4.78, 5) is 34.3. The van der Waals surface area contributed by atoms with Gasteiger partial charge >= 0.3 is 0 Å². The second-order valence-corrected chi connectivity index (χ2v) is 7.85. The molecule has 0 unspecified atom stereocenters. The van der Waals surface area contributed by atoms with Crippen molar-refractivity contribution in [1.29, 1.82) is 0 Å². The fourth-order valence-electron chi connectivity index (χ4n) is 3.18. The van der Waals surface area contributed by atoms with Crippen LogP contribution in [0, 0.1) is 0 Å². The summed E-state index contributed by atoms with van der Waals surface area (Å²) in [6.45, 7) is -0.0600. The van der Waals surface area contributed by atoms with Crippen LogP contribution in [-0.2, 0) is 24.2 Å². The molecular formula is C19H18N4O2S2. The number of thioether (sulfide) groups is 1. The molecule has 27 heavy (non-hydrogen) atoms. The lowest BCUT2D eigenvalue weighted by molar-refractivity contribution is -0.116. The van der Waals surface area contributed by atoms with Gasteiger partial charge in [0.15, 0.2) is 10.3 Å². The van der Waals surface area contributed by atoms with E-state index in [0.29, 0.717) is 10.3 Å². The molecule has 1 amide bonds. The molecule has 0 bridgehead atoms. The highest BCUT2D eigenvalue weighted by Crippen LogP contribution is 2.25. The van der Waals surface area contributed by atoms with Crippen LogP contribution in [0.4, 0.5) is 5.13 Å². The molecule has 0 aliphatic heterocycles. The minimum atomic E-state index is -0.277. The molecule has 0 radical (unpaired) electrons. The molecule has 1 aliphatic rings. The van der Waals surface area contributed by atoms with Crippen molar-refractivity contribution in [3.05, 3.63) is 57.3 Å². The smallest absolute Gasteiger partial charge is 0.258 e. The number of amides is 1. The van der Waals surface area contributed by atoms with E-state index < -0.39 is 0 Å². The Morgan fingerprint density at radius 2 is 2.07 bits per heavy atom. The summed E-state index contributed by atoms with van der Waals surface area (Å²) in [7, 11) is 0. The van der Waals surface area contributed by atoms with Crippen LogP contribution in [0.1, 0.15) is 17.7 Å². The van der Waals surface area contributed by atoms with Gasteiger partial charge in [-0.05, 0) is 25.5 Å². The van der Waals surface area contributed by atoms with Crippen LogP contribution < -0.4 is 10.9 Å². The van der Waals surface area contributed by atoms with Crippen LogP contribution >= 0.6 is 23.1 Å². The third kappa shape index (κ3) is 3.68. The van der Waals surface area contributed by atoms with Gasteiger partial charge in [0.05, 0.1) is 11.4 Å². The number of hydrogen-bond acceptors (Lipinski definition) is 6. The second kappa shape index (κ2) is 7.66. The number of rotatable bonds is 5. The van der Waals surface area contributed by atoms with E-state index >= 15 is 0 Å². The average Bonchev–Trinajstić information content (AvgIpc) is 3.34. The van der Waals surface area contributed by atoms with Gasteiger partial charge in [0, 0.05) is 16.5 Å². The van der Waals surface area contributed by atoms with Gasteiger partial charge in [0.1, 0.15) is 6.54 Å². The number of carbonyl (C=O) groups is 1. The first-order valence-electron chi connectivity index (χ1n) is 8.63. The third-order valence-corrected chi connectivity index (χ3v) is 5.89. The molecule has 0 atom stereocenters. The summed E-state index contributed by atoms with van der Waals surface area (Å²) < 4.78 is 1.47. The maximum absolute atomic E-state index is 12.7. The van der Waals surface area contributed by atoms with Crippen LogP contribution in [-0.4, -0.2) is 26.7 Å². The van der Waals surface area contributed by atoms with Crippen LogP contribution in [0.25, 0.3) is 11.3 Å². The number of nitrogens with zero attached hydrogens (tertiary/aromatic N) is 3. The second-order valence-electron chi connectivity index (χ2n) is 6.22. The highest BCUT2D eigenvalue weighted by atomic mass is 32.2. The molecule has 0 saturated carbocycles. The molecule has 6 nitrogen and oxygen atoms in total. The van der Waals surface area contributed by atoms with Crippen molar-refractivity contribution in [1.82, 2.24) is 14.5 Å². The number of nitrogens with one attached hydrogen (secondary N) is 1. The molecule has 8 heteroatoms. The van der Waals surface area contributed by atoms with Crippen LogP contribution in [0.2, 0.25) is 0 Å². The van der Waals surface area contributed by atoms with Gasteiger partial charge in [-0.1, -0.05) is 42.1 Å². The Morgan fingerprint density at radius 3 is 2.85 bits per heavy atom. The summed E-state index contributed by atoms with van der Waals surface area (Å²) in [5.74, 6) is -0.277. The van der Waals surface area contributed by atoms with Crippen LogP contribution in [0.3, 0.4) is 0 Å². The normalized spacial score (nSPS) is 12.8. The molecule has 1 N–H and O–H groups in total. The number of fused-ring (bicyclic) bond motifs is 1. The van der Waals surface area contributed by atoms with E-state index in [2.05, 4.69) is 15.3 Å². The highest BCUT2D eigenvalue weighted by Gasteiger charge is 2.21. The van der Waals surface area contributed by atoms with Crippen LogP contribution in [0.15, 0.2) is 45.7 Å². The Hall–Kier alpha value is -2.45. The number of benzene rings is 1. The zero-order valence-electron chi connectivity index (χ0n) is 14.8. The van der Waals surface area contributed by atoms with E-state index in [1.54, 1.807) is 0 Å². The lowest BCUT2D eigenvalue weighted by Crippen LogP contribution is -2.31. The summed E-state index contributed by atoms with van der Waals surface area (Å²) in [5, 5.41) is 5.81. The first-order chi connectivity index (χ1) is 13.2. The van der Waals surface area contributed by atoms with Gasteiger partial charge in [0.25, 0.3) is 5.56 Å². The van der Waals surface area contributed by atoms with Crippen molar-refractivity contribution >= 4 is 34.1 Å². The molecule has 138 valence electrons. The molecular weight excluding hydrogens is 380 g/mol. The molecule has 1 aromatic carbocycles. The van der Waals surface area contributed by atoms with E-state index in [-0.39, 0.29) is 18.0 Å². The molecule has 0 spiro atoms. The lowest BCUT2D eigenvalue weighted by atomic mass is 10.2. The first kappa shape index (κ1) is 17.9. The Morgan fingerprint density at radius 1 is 1.26 bits per heavy atom. The highest BCUT2D eigenvalue weighted by molar-refractivity contribution is 7.98. The fourth-order valence-corrected chi connectivity index (χ4v) is 4.48. The molecule has 1 aliphatic carbocycles. The number of hydrogen-bond donors (Lipinski definition) is 1. The van der Waals surface area contributed by atoms with Crippen molar-refractivity contribution in [3.63, 3.8) is 0 Å². The molecule has 2 aromatic heterocycles. The molecule has 0 saturated heterocycles. The van der Waals surface area contributed by atoms with Crippen molar-refractivity contribution in [2.24, 2.45) is 0 Å². The fraction of sp³-hybridized carbons (Fsp3) is 0.263. The Labute approximate surface area is 164 Å². The van der Waals surface area contributed by atoms with E-state index in [9.17, 15) is 9.59 Å². The number of anilines is 1. The number of aryl methyl sites for hydroxylation is 1. The maximum atomic E-state index is 12.7. The summed E-state index contributed by atoms with van der Waals surface area (Å²) in [6.07, 6.45) is 4.39. The zero-order chi connectivity index (χ0) is 18.8. The van der Waals surface area contributed by atoms with Gasteiger partial charge < -0.3 is 5.32 Å². The zero-order valence-corrected chi connectivity index (χ0v) is 16.4. The summed E-state index contributed by atoms with van der Waals surface area (Å²) >= 11 is 2.75. The van der Waals surface area contributed by atoms with Crippen molar-refractivity contribution < 1.29 is 4.79 Å². The minimum absolute atomic E-state index is 0.0600. The average molecular weight is 399 g/mol. The van der Waals surface area contributed by atoms with E-state index in [1.807, 2.05) is 42.0 Å². The predicted octanol–water partition coefficient (Wildman–Crippen LogP) is 3.22. The van der Waals surface area contributed by atoms with Crippen molar-refractivity contribution in [2.45, 2.75) is 31.0 Å². The topological polar surface area (TPSA) is 76.9 Å². The molecule has 0 fully saturated rings. The standard InChI is InChI=1S/C19H18N4O2S2/c1-26-19-21-14-9-5-8-13(14)17(25)23(19)10-16(24)22-18-20-15(11-27-18)12-6-3-2-4-7-12/h2-4,6-7,11H,5,8-10H2,1H3,(H,20,22,24). The van der Waals surface area contributed by atoms with Crippen molar-refractivity contribution in [2.75, 3.05) is 11.6 Å². The Kier molecular flexibility index (Phi) is 5.09. The Bertz CT molecular complexity index is 1040. The van der Waals surface area contributed by atoms with Gasteiger partial charge in [-0.15, -0.1) is 11.3 Å². The molecule has 3 aromatic rings. The van der Waals surface area contributed by atoms with Gasteiger partial charge in [-0.25, -0.2) is 9.97 Å². The van der Waals surface area contributed by atoms with E-state index in [4.69, 9.17) is 0 Å². The van der Waals surface area contributed by atoms with Gasteiger partial charge in [0.2, 0.25) is 5.91 Å². The van der Waals surface area contributed by atoms with Crippen molar-refractivity contribution in [3.8, 4) is 11.3 Å². The quantitative estimate of drug-likeness (QED) is 0.527. The minimum Gasteiger partial charge on any atom is -0.300 e. The monoisotopic (exact) mass is 398 g/mol. The summed E-state index contributed by atoms with van der Waals surface area (Å²) in [6, 6.07) is 9.79. The Balaban J connectivity index is 1.52. The number of thiazole rings is 1. The third-order valence-electron chi connectivity index (χ3n) is 4.46. The van der Waals surface area contributed by atoms with Gasteiger partial charge in [-0.2, -0.15) is 0 Å². The first-order valence-corrected chi connectivity index (χ1v) is 10.7. The largest absolute Gasteiger partial charge is 0.300 e. The SMILES string of the molecule is CSc1nc2c(c(=O)n1CC(=O)Nc1nc(-c3ccccc3)cs1)CCC2. The van der Waals surface area contributed by atoms with E-state index in [0.717, 1.165) is 41.8 Å². The summed E-state index contributed by atoms with van der Waals surface area (Å²) in [5.41, 5.74) is 3.35. The number of carbonyl (C=O) groups excluding carboxylic acids is 1. The van der Waals surface area contributed by atoms with Gasteiger partial charge in [-0.3, -0.25) is 14.2 Å². The predicted molar refractivity (Wildman–Crippen MR) is 108 cm³/mol. The number of aromatic nitrogens is 3. The molecule has 4 rings (SSSR count). The lowest BCUT2D eigenvalue weighted by Gasteiger charge is -2.12. The molecule has 2 heterocycles.